The van der Waals surface area contributed by atoms with E-state index in [1.807, 2.05) is 36.1 Å². The minimum atomic E-state index is -0.541. The third kappa shape index (κ3) is 3.68. The van der Waals surface area contributed by atoms with E-state index in [0.717, 1.165) is 17.8 Å². The zero-order valence-corrected chi connectivity index (χ0v) is 12.1. The molecule has 110 valence electrons. The maximum Gasteiger partial charge on any atom is 0.376 e. The Kier molecular flexibility index (Phi) is 4.71. The van der Waals surface area contributed by atoms with Gasteiger partial charge < -0.3 is 15.4 Å². The van der Waals surface area contributed by atoms with E-state index < -0.39 is 5.97 Å². The van der Waals surface area contributed by atoms with Gasteiger partial charge in [0.15, 0.2) is 0 Å². The number of hydrogen-bond acceptors (Lipinski definition) is 6. The highest BCUT2D eigenvalue weighted by atomic mass is 16.5. The summed E-state index contributed by atoms with van der Waals surface area (Å²) in [6, 6.07) is 9.44. The average Bonchev–Trinajstić information content (AvgIpc) is 2.53. The third-order valence-corrected chi connectivity index (χ3v) is 3.07. The Hall–Kier alpha value is -2.63. The van der Waals surface area contributed by atoms with E-state index in [0.29, 0.717) is 12.4 Å². The van der Waals surface area contributed by atoms with Crippen LogP contribution in [0.25, 0.3) is 0 Å². The van der Waals surface area contributed by atoms with Crippen molar-refractivity contribution < 1.29 is 9.53 Å². The van der Waals surface area contributed by atoms with Crippen molar-refractivity contribution in [2.75, 3.05) is 24.3 Å². The van der Waals surface area contributed by atoms with Crippen molar-refractivity contribution in [3.05, 3.63) is 47.9 Å². The lowest BCUT2D eigenvalue weighted by Crippen LogP contribution is -2.24. The number of esters is 1. The number of ether oxygens (including phenoxy) is 1. The molecule has 0 radical (unpaired) electrons. The fourth-order valence-electron chi connectivity index (χ4n) is 1.91. The fourth-order valence-corrected chi connectivity index (χ4v) is 1.91. The normalized spacial score (nSPS) is 10.2. The van der Waals surface area contributed by atoms with Crippen LogP contribution in [0, 0.1) is 0 Å². The second-order valence-electron chi connectivity index (χ2n) is 4.49. The Morgan fingerprint density at radius 3 is 2.62 bits per heavy atom. The van der Waals surface area contributed by atoms with Crippen LogP contribution in [0.1, 0.15) is 23.1 Å². The maximum absolute atomic E-state index is 11.5. The summed E-state index contributed by atoms with van der Waals surface area (Å²) in [5.74, 6) is 0.205. The molecule has 2 aromatic rings. The van der Waals surface area contributed by atoms with E-state index in [4.69, 9.17) is 5.73 Å². The smallest absolute Gasteiger partial charge is 0.376 e. The van der Waals surface area contributed by atoms with Gasteiger partial charge in [0.1, 0.15) is 5.82 Å². The van der Waals surface area contributed by atoms with Crippen LogP contribution in [0.2, 0.25) is 0 Å². The summed E-state index contributed by atoms with van der Waals surface area (Å²) in [7, 11) is 1.31. The molecule has 0 spiro atoms. The lowest BCUT2D eigenvalue weighted by atomic mass is 10.2. The molecule has 0 bridgehead atoms. The number of nitrogens with two attached hydrogens (primary N) is 1. The molecule has 0 saturated heterocycles. The number of nitrogens with zero attached hydrogens (tertiary/aromatic N) is 3. The first-order valence-corrected chi connectivity index (χ1v) is 6.64. The number of aromatic nitrogens is 2. The number of carbonyl (C=O) groups is 1. The second-order valence-corrected chi connectivity index (χ2v) is 4.49. The Morgan fingerprint density at radius 2 is 2.00 bits per heavy atom. The number of carbonyl (C=O) groups excluding carboxylic acids is 1. The average molecular weight is 286 g/mol. The summed E-state index contributed by atoms with van der Waals surface area (Å²) in [5.41, 5.74) is 7.53. The highest BCUT2D eigenvalue weighted by Gasteiger charge is 2.13. The molecule has 0 unspecified atom stereocenters. The summed E-state index contributed by atoms with van der Waals surface area (Å²) >= 11 is 0. The molecule has 0 aliphatic heterocycles. The third-order valence-electron chi connectivity index (χ3n) is 3.07. The molecule has 6 nitrogen and oxygen atoms in total. The SMILES string of the molecule is CCN(Cc1ccc(N)cc1)c1ccnc(C(=O)OC)n1. The Balaban J connectivity index is 2.20. The van der Waals surface area contributed by atoms with Crippen molar-refractivity contribution in [1.29, 1.82) is 0 Å². The number of anilines is 2. The van der Waals surface area contributed by atoms with Crippen LogP contribution in [0.15, 0.2) is 36.5 Å². The first kappa shape index (κ1) is 14.8. The molecule has 0 aliphatic rings. The van der Waals surface area contributed by atoms with Gasteiger partial charge >= 0.3 is 5.97 Å². The van der Waals surface area contributed by atoms with Gasteiger partial charge in [-0.25, -0.2) is 14.8 Å². The zero-order valence-electron chi connectivity index (χ0n) is 12.1. The zero-order chi connectivity index (χ0) is 15.2. The van der Waals surface area contributed by atoms with E-state index in [1.165, 1.54) is 7.11 Å². The van der Waals surface area contributed by atoms with Crippen LogP contribution in [0.4, 0.5) is 11.5 Å². The number of hydrogen-bond donors (Lipinski definition) is 1. The summed E-state index contributed by atoms with van der Waals surface area (Å²) in [6.07, 6.45) is 1.56. The van der Waals surface area contributed by atoms with Crippen LogP contribution in [-0.2, 0) is 11.3 Å². The Bertz CT molecular complexity index is 613. The molecule has 0 amide bonds. The lowest BCUT2D eigenvalue weighted by Gasteiger charge is -2.22. The molecule has 0 saturated carbocycles. The molecule has 0 fully saturated rings. The van der Waals surface area contributed by atoms with Crippen molar-refractivity contribution >= 4 is 17.5 Å². The standard InChI is InChI=1S/C15H18N4O2/c1-3-19(10-11-4-6-12(16)7-5-11)13-8-9-17-14(18-13)15(20)21-2/h4-9H,3,10,16H2,1-2H3. The topological polar surface area (TPSA) is 81.3 Å². The first-order valence-electron chi connectivity index (χ1n) is 6.64. The predicted octanol–water partition coefficient (Wildman–Crippen LogP) is 1.87. The molecular weight excluding hydrogens is 268 g/mol. The molecule has 6 heteroatoms. The predicted molar refractivity (Wildman–Crippen MR) is 80.9 cm³/mol. The number of nitrogen functional groups attached to an aromatic ring is 1. The van der Waals surface area contributed by atoms with Gasteiger partial charge in [-0.1, -0.05) is 12.1 Å². The van der Waals surface area contributed by atoms with Gasteiger partial charge in [-0.05, 0) is 30.7 Å². The van der Waals surface area contributed by atoms with Crippen molar-refractivity contribution in [3.63, 3.8) is 0 Å². The van der Waals surface area contributed by atoms with E-state index >= 15 is 0 Å². The maximum atomic E-state index is 11.5. The molecule has 2 rings (SSSR count). The summed E-state index contributed by atoms with van der Waals surface area (Å²) in [6.45, 7) is 3.45. The minimum Gasteiger partial charge on any atom is -0.463 e. The van der Waals surface area contributed by atoms with Gasteiger partial charge in [0, 0.05) is 25.0 Å². The molecule has 1 heterocycles. The highest BCUT2D eigenvalue weighted by molar-refractivity contribution is 5.85. The van der Waals surface area contributed by atoms with Crippen molar-refractivity contribution in [1.82, 2.24) is 9.97 Å². The van der Waals surface area contributed by atoms with E-state index in [2.05, 4.69) is 14.7 Å². The van der Waals surface area contributed by atoms with Crippen LogP contribution in [0.5, 0.6) is 0 Å². The Labute approximate surface area is 123 Å². The van der Waals surface area contributed by atoms with Crippen LogP contribution in [-0.4, -0.2) is 29.6 Å². The van der Waals surface area contributed by atoms with Gasteiger partial charge in [-0.15, -0.1) is 0 Å². The van der Waals surface area contributed by atoms with Gasteiger partial charge in [-0.2, -0.15) is 0 Å². The van der Waals surface area contributed by atoms with Gasteiger partial charge in [0.05, 0.1) is 7.11 Å². The highest BCUT2D eigenvalue weighted by Crippen LogP contribution is 2.15. The molecule has 0 aliphatic carbocycles. The quantitative estimate of drug-likeness (QED) is 0.667. The molecule has 0 atom stereocenters. The van der Waals surface area contributed by atoms with Gasteiger partial charge in [0.2, 0.25) is 5.82 Å². The van der Waals surface area contributed by atoms with Crippen molar-refractivity contribution in [3.8, 4) is 0 Å². The van der Waals surface area contributed by atoms with Gasteiger partial charge in [-0.3, -0.25) is 0 Å². The molecule has 21 heavy (non-hydrogen) atoms. The number of methoxy groups -OCH3 is 1. The molecular formula is C15H18N4O2. The summed E-state index contributed by atoms with van der Waals surface area (Å²) in [5, 5.41) is 0. The summed E-state index contributed by atoms with van der Waals surface area (Å²) < 4.78 is 4.64. The monoisotopic (exact) mass is 286 g/mol. The van der Waals surface area contributed by atoms with Gasteiger partial charge in [0.25, 0.3) is 0 Å². The molecule has 1 aromatic heterocycles. The molecule has 1 aromatic carbocycles. The van der Waals surface area contributed by atoms with E-state index in [9.17, 15) is 4.79 Å². The van der Waals surface area contributed by atoms with Crippen LogP contribution < -0.4 is 10.6 Å². The number of rotatable bonds is 5. The number of benzene rings is 1. The van der Waals surface area contributed by atoms with E-state index in [1.54, 1.807) is 12.3 Å². The van der Waals surface area contributed by atoms with Crippen molar-refractivity contribution in [2.45, 2.75) is 13.5 Å². The fraction of sp³-hybridized carbons (Fsp3) is 0.267. The first-order chi connectivity index (χ1) is 10.1. The summed E-state index contributed by atoms with van der Waals surface area (Å²) in [4.78, 5) is 21.7. The molecule has 2 N–H and O–H groups in total. The van der Waals surface area contributed by atoms with Crippen molar-refractivity contribution in [2.24, 2.45) is 0 Å². The lowest BCUT2D eigenvalue weighted by molar-refractivity contribution is 0.0587. The second kappa shape index (κ2) is 6.69. The minimum absolute atomic E-state index is 0.0609. The largest absolute Gasteiger partial charge is 0.463 e. The van der Waals surface area contributed by atoms with Crippen LogP contribution in [0.3, 0.4) is 0 Å². The van der Waals surface area contributed by atoms with Crippen LogP contribution >= 0.6 is 0 Å². The Morgan fingerprint density at radius 1 is 1.29 bits per heavy atom. The van der Waals surface area contributed by atoms with E-state index in [-0.39, 0.29) is 5.82 Å².